The van der Waals surface area contributed by atoms with Crippen molar-refractivity contribution in [3.8, 4) is 0 Å². The number of ketones is 1. The lowest BCUT2D eigenvalue weighted by Crippen LogP contribution is -2.36. The molecule has 1 unspecified atom stereocenters. The maximum Gasteiger partial charge on any atom is 0.454 e. The maximum atomic E-state index is 12.3. The molecule has 1 aliphatic heterocycles. The second kappa shape index (κ2) is 6.85. The van der Waals surface area contributed by atoms with Gasteiger partial charge in [0.05, 0.1) is 0 Å². The molecule has 1 atom stereocenters. The van der Waals surface area contributed by atoms with Gasteiger partial charge >= 0.3 is 6.18 Å². The van der Waals surface area contributed by atoms with Gasteiger partial charge in [0.15, 0.2) is 0 Å². The molecule has 1 amide bonds. The molecule has 1 aliphatic rings. The van der Waals surface area contributed by atoms with E-state index < -0.39 is 18.0 Å². The number of nitrogens with zero attached hydrogens (tertiary/aromatic N) is 1. The summed E-state index contributed by atoms with van der Waals surface area (Å²) in [5.74, 6) is -2.22. The van der Waals surface area contributed by atoms with Crippen molar-refractivity contribution in [3.63, 3.8) is 0 Å². The summed E-state index contributed by atoms with van der Waals surface area (Å²) in [5, 5.41) is 2.75. The van der Waals surface area contributed by atoms with Gasteiger partial charge in [-0.3, -0.25) is 9.59 Å². The molecular formula is C16H17F3N2O2. The molecule has 0 aromatic heterocycles. The summed E-state index contributed by atoms with van der Waals surface area (Å²) in [7, 11) is 0. The third-order valence-electron chi connectivity index (χ3n) is 3.58. The number of nitrogens with one attached hydrogen (secondary N) is 1. The summed E-state index contributed by atoms with van der Waals surface area (Å²) in [5.41, 5.74) is 1.62. The van der Waals surface area contributed by atoms with E-state index in [4.69, 9.17) is 0 Å². The number of alkyl halides is 3. The molecule has 0 bridgehead atoms. The number of halogens is 3. The molecule has 1 N–H and O–H groups in total. The van der Waals surface area contributed by atoms with Crippen LogP contribution in [-0.2, 0) is 9.59 Å². The summed E-state index contributed by atoms with van der Waals surface area (Å²) in [6.07, 6.45) is -2.16. The topological polar surface area (TPSA) is 49.4 Å². The molecule has 4 nitrogen and oxygen atoms in total. The van der Waals surface area contributed by atoms with E-state index in [1.165, 1.54) is 4.90 Å². The van der Waals surface area contributed by atoms with Crippen LogP contribution < -0.4 is 5.32 Å². The zero-order valence-corrected chi connectivity index (χ0v) is 12.6. The van der Waals surface area contributed by atoms with Gasteiger partial charge in [-0.1, -0.05) is 12.1 Å². The Hall–Kier alpha value is -2.31. The predicted molar refractivity (Wildman–Crippen MR) is 79.7 cm³/mol. The summed E-state index contributed by atoms with van der Waals surface area (Å²) < 4.78 is 36.6. The minimum atomic E-state index is -4.89. The number of aryl methyl sites for hydroxylation is 1. The van der Waals surface area contributed by atoms with Crippen molar-refractivity contribution < 1.29 is 22.8 Å². The molecule has 23 heavy (non-hydrogen) atoms. The zero-order chi connectivity index (χ0) is 17.0. The average molecular weight is 326 g/mol. The first kappa shape index (κ1) is 17.1. The Morgan fingerprint density at radius 1 is 1.35 bits per heavy atom. The van der Waals surface area contributed by atoms with E-state index in [0.717, 1.165) is 11.8 Å². The van der Waals surface area contributed by atoms with E-state index >= 15 is 0 Å². The molecule has 1 aromatic carbocycles. The highest BCUT2D eigenvalue weighted by molar-refractivity contribution is 5.96. The molecule has 1 saturated heterocycles. The van der Waals surface area contributed by atoms with E-state index in [-0.39, 0.29) is 5.91 Å². The number of benzene rings is 1. The standard InChI is InChI=1S/C16H17F3N2O2/c1-11-4-2-5-12(10-11)20-15(23)13-6-3-8-21(13)9-7-14(22)16(17,18)19/h2,4-5,7,9-10,13H,3,6,8H2,1H3,(H,20,23)/b9-7+. The fourth-order valence-corrected chi connectivity index (χ4v) is 2.46. The van der Waals surface area contributed by atoms with Crippen molar-refractivity contribution in [2.24, 2.45) is 0 Å². The third kappa shape index (κ3) is 4.58. The number of amides is 1. The molecule has 1 heterocycles. The van der Waals surface area contributed by atoms with Crippen LogP contribution >= 0.6 is 0 Å². The van der Waals surface area contributed by atoms with Crippen LogP contribution in [-0.4, -0.2) is 35.4 Å². The number of rotatable bonds is 4. The third-order valence-corrected chi connectivity index (χ3v) is 3.58. The van der Waals surface area contributed by atoms with Crippen LogP contribution in [0.25, 0.3) is 0 Å². The quantitative estimate of drug-likeness (QED) is 0.865. The first-order chi connectivity index (χ1) is 10.8. The van der Waals surface area contributed by atoms with Crippen LogP contribution in [0.5, 0.6) is 0 Å². The molecule has 0 radical (unpaired) electrons. The van der Waals surface area contributed by atoms with Crippen LogP contribution in [0.1, 0.15) is 18.4 Å². The summed E-state index contributed by atoms with van der Waals surface area (Å²) in [4.78, 5) is 24.6. The monoisotopic (exact) mass is 326 g/mol. The number of likely N-dealkylation sites (tertiary alicyclic amines) is 1. The van der Waals surface area contributed by atoms with Crippen molar-refractivity contribution in [1.29, 1.82) is 0 Å². The fourth-order valence-electron chi connectivity index (χ4n) is 2.46. The highest BCUT2D eigenvalue weighted by Crippen LogP contribution is 2.21. The molecule has 124 valence electrons. The normalized spacial score (nSPS) is 18.4. The molecule has 7 heteroatoms. The second-order valence-corrected chi connectivity index (χ2v) is 5.43. The number of carbonyl (C=O) groups excluding carboxylic acids is 2. The van der Waals surface area contributed by atoms with Gasteiger partial charge in [-0.25, -0.2) is 0 Å². The van der Waals surface area contributed by atoms with Gasteiger partial charge in [-0.05, 0) is 37.5 Å². The van der Waals surface area contributed by atoms with Crippen molar-refractivity contribution in [3.05, 3.63) is 42.1 Å². The van der Waals surface area contributed by atoms with Crippen LogP contribution in [0.15, 0.2) is 36.5 Å². The molecule has 0 aliphatic carbocycles. The lowest BCUT2D eigenvalue weighted by atomic mass is 10.2. The van der Waals surface area contributed by atoms with E-state index in [9.17, 15) is 22.8 Å². The number of anilines is 1. The Labute approximate surface area is 132 Å². The zero-order valence-electron chi connectivity index (χ0n) is 12.6. The Kier molecular flexibility index (Phi) is 5.08. The van der Waals surface area contributed by atoms with Crippen LogP contribution in [0.2, 0.25) is 0 Å². The van der Waals surface area contributed by atoms with Gasteiger partial charge in [0.2, 0.25) is 5.91 Å². The minimum Gasteiger partial charge on any atom is -0.365 e. The van der Waals surface area contributed by atoms with Crippen molar-refractivity contribution in [1.82, 2.24) is 4.90 Å². The average Bonchev–Trinajstić information content (AvgIpc) is 2.92. The largest absolute Gasteiger partial charge is 0.454 e. The first-order valence-electron chi connectivity index (χ1n) is 7.20. The summed E-state index contributed by atoms with van der Waals surface area (Å²) in [6, 6.07) is 6.67. The van der Waals surface area contributed by atoms with Crippen LogP contribution in [0.3, 0.4) is 0 Å². The number of allylic oxidation sites excluding steroid dienone is 1. The van der Waals surface area contributed by atoms with Gasteiger partial charge in [0.1, 0.15) is 6.04 Å². The molecule has 0 spiro atoms. The first-order valence-corrected chi connectivity index (χ1v) is 7.20. The summed E-state index contributed by atoms with van der Waals surface area (Å²) >= 11 is 0. The number of hydrogen-bond donors (Lipinski definition) is 1. The molecule has 1 aromatic rings. The van der Waals surface area contributed by atoms with Gasteiger partial charge in [0.25, 0.3) is 5.78 Å². The lowest BCUT2D eigenvalue weighted by Gasteiger charge is -2.22. The van der Waals surface area contributed by atoms with E-state index in [2.05, 4.69) is 5.32 Å². The Morgan fingerprint density at radius 3 is 2.74 bits per heavy atom. The predicted octanol–water partition coefficient (Wildman–Crippen LogP) is 3.04. The lowest BCUT2D eigenvalue weighted by molar-refractivity contribution is -0.165. The minimum absolute atomic E-state index is 0.294. The van der Waals surface area contributed by atoms with Crippen molar-refractivity contribution in [2.75, 3.05) is 11.9 Å². The Bertz CT molecular complexity index is 626. The van der Waals surface area contributed by atoms with Crippen molar-refractivity contribution >= 4 is 17.4 Å². The number of hydrogen-bond acceptors (Lipinski definition) is 3. The highest BCUT2D eigenvalue weighted by Gasteiger charge is 2.37. The molecule has 2 rings (SSSR count). The Balaban J connectivity index is 2.02. The van der Waals surface area contributed by atoms with E-state index in [1.54, 1.807) is 18.2 Å². The Morgan fingerprint density at radius 2 is 2.09 bits per heavy atom. The van der Waals surface area contributed by atoms with E-state index in [0.29, 0.717) is 31.1 Å². The van der Waals surface area contributed by atoms with E-state index in [1.807, 2.05) is 13.0 Å². The highest BCUT2D eigenvalue weighted by atomic mass is 19.4. The second-order valence-electron chi connectivity index (χ2n) is 5.43. The van der Waals surface area contributed by atoms with Crippen LogP contribution in [0, 0.1) is 6.92 Å². The molecular weight excluding hydrogens is 309 g/mol. The summed E-state index contributed by atoms with van der Waals surface area (Å²) in [6.45, 7) is 2.33. The molecule has 0 saturated carbocycles. The van der Waals surface area contributed by atoms with Gasteiger partial charge in [-0.2, -0.15) is 13.2 Å². The smallest absolute Gasteiger partial charge is 0.365 e. The number of carbonyl (C=O) groups is 2. The molecule has 1 fully saturated rings. The van der Waals surface area contributed by atoms with Gasteiger partial charge in [0, 0.05) is 24.5 Å². The van der Waals surface area contributed by atoms with Gasteiger partial charge in [-0.15, -0.1) is 0 Å². The van der Waals surface area contributed by atoms with Crippen molar-refractivity contribution in [2.45, 2.75) is 32.0 Å². The fraction of sp³-hybridized carbons (Fsp3) is 0.375. The van der Waals surface area contributed by atoms with Crippen LogP contribution in [0.4, 0.5) is 18.9 Å². The maximum absolute atomic E-state index is 12.3. The SMILES string of the molecule is Cc1cccc(NC(=O)C2CCCN2/C=C/C(=O)C(F)(F)F)c1. The van der Waals surface area contributed by atoms with Gasteiger partial charge < -0.3 is 10.2 Å².